The first-order chi connectivity index (χ1) is 9.65. The summed E-state index contributed by atoms with van der Waals surface area (Å²) in [5.74, 6) is -0.911. The van der Waals surface area contributed by atoms with E-state index in [4.69, 9.17) is 0 Å². The smallest absolute Gasteiger partial charge is 0.130 e. The van der Waals surface area contributed by atoms with Gasteiger partial charge in [-0.05, 0) is 57.8 Å². The molecule has 20 heavy (non-hydrogen) atoms. The van der Waals surface area contributed by atoms with Gasteiger partial charge in [-0.2, -0.15) is 0 Å². The van der Waals surface area contributed by atoms with Gasteiger partial charge in [0.2, 0.25) is 0 Å². The third-order valence-electron chi connectivity index (χ3n) is 4.74. The van der Waals surface area contributed by atoms with Crippen LogP contribution in [0.25, 0.3) is 0 Å². The lowest BCUT2D eigenvalue weighted by atomic mass is 9.96. The third kappa shape index (κ3) is 2.72. The highest BCUT2D eigenvalue weighted by molar-refractivity contribution is 5.23. The molecule has 0 aliphatic carbocycles. The molecule has 3 unspecified atom stereocenters. The first-order valence-electron chi connectivity index (χ1n) is 7.59. The van der Waals surface area contributed by atoms with Gasteiger partial charge >= 0.3 is 0 Å². The monoisotopic (exact) mass is 280 g/mol. The highest BCUT2D eigenvalue weighted by atomic mass is 19.1. The molecule has 3 atom stereocenters. The van der Waals surface area contributed by atoms with Crippen LogP contribution in [-0.4, -0.2) is 30.1 Å². The maximum absolute atomic E-state index is 13.8. The van der Waals surface area contributed by atoms with E-state index in [0.29, 0.717) is 12.1 Å². The summed E-state index contributed by atoms with van der Waals surface area (Å²) < 4.78 is 27.6. The molecule has 1 aromatic carbocycles. The van der Waals surface area contributed by atoms with Crippen molar-refractivity contribution in [3.63, 3.8) is 0 Å². The standard InChI is InChI=1S/C16H22F2N2/c1-11(16-14(17)5-2-6-15(16)18)19-12-7-9-20-8-3-4-13(20)10-12/h2,5-6,11-13,19H,3-4,7-10H2,1H3. The van der Waals surface area contributed by atoms with Gasteiger partial charge in [0, 0.05) is 23.7 Å². The predicted molar refractivity (Wildman–Crippen MR) is 75.5 cm³/mol. The molecular weight excluding hydrogens is 258 g/mol. The number of benzene rings is 1. The summed E-state index contributed by atoms with van der Waals surface area (Å²) in [5.41, 5.74) is 0.168. The molecule has 2 heterocycles. The number of rotatable bonds is 3. The summed E-state index contributed by atoms with van der Waals surface area (Å²) in [5, 5.41) is 3.42. The van der Waals surface area contributed by atoms with Gasteiger partial charge in [0.1, 0.15) is 11.6 Å². The van der Waals surface area contributed by atoms with Crippen molar-refractivity contribution in [2.75, 3.05) is 13.1 Å². The zero-order chi connectivity index (χ0) is 14.1. The van der Waals surface area contributed by atoms with Gasteiger partial charge in [-0.1, -0.05) is 6.07 Å². The third-order valence-corrected chi connectivity index (χ3v) is 4.74. The lowest BCUT2D eigenvalue weighted by Gasteiger charge is -2.36. The molecular formula is C16H22F2N2. The number of nitrogens with one attached hydrogen (secondary N) is 1. The van der Waals surface area contributed by atoms with Gasteiger partial charge in [0.15, 0.2) is 0 Å². The van der Waals surface area contributed by atoms with Crippen molar-refractivity contribution in [1.82, 2.24) is 10.2 Å². The van der Waals surface area contributed by atoms with Gasteiger partial charge in [0.25, 0.3) is 0 Å². The van der Waals surface area contributed by atoms with Crippen LogP contribution in [0.3, 0.4) is 0 Å². The van der Waals surface area contributed by atoms with E-state index in [9.17, 15) is 8.78 Å². The van der Waals surface area contributed by atoms with Crippen molar-refractivity contribution in [2.24, 2.45) is 0 Å². The summed E-state index contributed by atoms with van der Waals surface area (Å²) in [6.45, 7) is 4.17. The van der Waals surface area contributed by atoms with Crippen molar-refractivity contribution < 1.29 is 8.78 Å². The van der Waals surface area contributed by atoms with Crippen LogP contribution in [0.2, 0.25) is 0 Å². The van der Waals surface area contributed by atoms with Gasteiger partial charge in [0.05, 0.1) is 0 Å². The van der Waals surface area contributed by atoms with E-state index in [1.807, 2.05) is 6.92 Å². The highest BCUT2D eigenvalue weighted by Crippen LogP contribution is 2.29. The van der Waals surface area contributed by atoms with Crippen molar-refractivity contribution in [3.8, 4) is 0 Å². The van der Waals surface area contributed by atoms with Crippen molar-refractivity contribution in [2.45, 2.75) is 50.7 Å². The predicted octanol–water partition coefficient (Wildman–Crippen LogP) is 3.24. The van der Waals surface area contributed by atoms with E-state index in [1.54, 1.807) is 0 Å². The fourth-order valence-electron chi connectivity index (χ4n) is 3.74. The minimum absolute atomic E-state index is 0.168. The molecule has 2 saturated heterocycles. The highest BCUT2D eigenvalue weighted by Gasteiger charge is 2.32. The van der Waals surface area contributed by atoms with E-state index in [-0.39, 0.29) is 11.6 Å². The molecule has 3 rings (SSSR count). The fraction of sp³-hybridized carbons (Fsp3) is 0.625. The number of hydrogen-bond acceptors (Lipinski definition) is 2. The second-order valence-corrected chi connectivity index (χ2v) is 6.08. The summed E-state index contributed by atoms with van der Waals surface area (Å²) >= 11 is 0. The van der Waals surface area contributed by atoms with Gasteiger partial charge < -0.3 is 10.2 Å². The average Bonchev–Trinajstić information content (AvgIpc) is 2.85. The average molecular weight is 280 g/mol. The summed E-state index contributed by atoms with van der Waals surface area (Å²) in [6.07, 6.45) is 4.72. The fourth-order valence-corrected chi connectivity index (χ4v) is 3.74. The topological polar surface area (TPSA) is 15.3 Å². The maximum atomic E-state index is 13.8. The lowest BCUT2D eigenvalue weighted by Crippen LogP contribution is -2.46. The Kier molecular flexibility index (Phi) is 4.03. The van der Waals surface area contributed by atoms with Gasteiger partial charge in [-0.25, -0.2) is 8.78 Å². The zero-order valence-corrected chi connectivity index (χ0v) is 11.9. The van der Waals surface area contributed by atoms with Crippen LogP contribution < -0.4 is 5.32 Å². The Balaban J connectivity index is 1.65. The van der Waals surface area contributed by atoms with Crippen LogP contribution in [0.1, 0.15) is 44.2 Å². The van der Waals surface area contributed by atoms with Crippen molar-refractivity contribution in [3.05, 3.63) is 35.4 Å². The van der Waals surface area contributed by atoms with Crippen LogP contribution in [0, 0.1) is 11.6 Å². The summed E-state index contributed by atoms with van der Waals surface area (Å²) in [7, 11) is 0. The largest absolute Gasteiger partial charge is 0.307 e. The summed E-state index contributed by atoms with van der Waals surface area (Å²) in [4.78, 5) is 2.55. The lowest BCUT2D eigenvalue weighted by molar-refractivity contribution is 0.161. The molecule has 0 saturated carbocycles. The van der Waals surface area contributed by atoms with Gasteiger partial charge in [-0.15, -0.1) is 0 Å². The Bertz CT molecular complexity index is 457. The number of piperidine rings is 1. The molecule has 2 nitrogen and oxygen atoms in total. The van der Waals surface area contributed by atoms with E-state index in [1.165, 1.54) is 37.6 Å². The minimum atomic E-state index is -0.455. The minimum Gasteiger partial charge on any atom is -0.307 e. The van der Waals surface area contributed by atoms with Gasteiger partial charge in [-0.3, -0.25) is 0 Å². The molecule has 1 N–H and O–H groups in total. The number of halogens is 2. The number of hydrogen-bond donors (Lipinski definition) is 1. The SMILES string of the molecule is CC(NC1CCN2CCCC2C1)c1c(F)cccc1F. The molecule has 110 valence electrons. The Morgan fingerprint density at radius 1 is 1.20 bits per heavy atom. The maximum Gasteiger partial charge on any atom is 0.130 e. The molecule has 0 spiro atoms. The Morgan fingerprint density at radius 2 is 1.95 bits per heavy atom. The second kappa shape index (κ2) is 5.78. The molecule has 0 radical (unpaired) electrons. The Hall–Kier alpha value is -1.00. The van der Waals surface area contributed by atoms with Crippen molar-refractivity contribution in [1.29, 1.82) is 0 Å². The molecule has 0 amide bonds. The van der Waals surface area contributed by atoms with Crippen molar-refractivity contribution >= 4 is 0 Å². The number of fused-ring (bicyclic) bond motifs is 1. The number of nitrogens with zero attached hydrogens (tertiary/aromatic N) is 1. The van der Waals surface area contributed by atoms with E-state index in [0.717, 1.165) is 19.4 Å². The van der Waals surface area contributed by atoms with Crippen LogP contribution in [-0.2, 0) is 0 Å². The van der Waals surface area contributed by atoms with E-state index >= 15 is 0 Å². The molecule has 2 aliphatic heterocycles. The Morgan fingerprint density at radius 3 is 2.70 bits per heavy atom. The molecule has 4 heteroatoms. The van der Waals surface area contributed by atoms with E-state index < -0.39 is 11.6 Å². The molecule has 2 fully saturated rings. The van der Waals surface area contributed by atoms with Crippen LogP contribution in [0.4, 0.5) is 8.78 Å². The zero-order valence-electron chi connectivity index (χ0n) is 11.9. The molecule has 1 aromatic rings. The second-order valence-electron chi connectivity index (χ2n) is 6.08. The molecule has 2 aliphatic rings. The Labute approximate surface area is 119 Å². The first kappa shape index (κ1) is 14.0. The quantitative estimate of drug-likeness (QED) is 0.914. The van der Waals surface area contributed by atoms with Crippen LogP contribution >= 0.6 is 0 Å². The molecule has 0 aromatic heterocycles. The summed E-state index contributed by atoms with van der Waals surface area (Å²) in [6, 6.07) is 4.82. The van der Waals surface area contributed by atoms with Crippen LogP contribution in [0.5, 0.6) is 0 Å². The normalized spacial score (nSPS) is 28.4. The van der Waals surface area contributed by atoms with E-state index in [2.05, 4.69) is 10.2 Å². The first-order valence-corrected chi connectivity index (χ1v) is 7.59. The van der Waals surface area contributed by atoms with Crippen LogP contribution in [0.15, 0.2) is 18.2 Å². The molecule has 0 bridgehead atoms.